The third-order valence-electron chi connectivity index (χ3n) is 1.71. The maximum absolute atomic E-state index is 2.35. The van der Waals surface area contributed by atoms with Crippen molar-refractivity contribution < 1.29 is 61.9 Å². The summed E-state index contributed by atoms with van der Waals surface area (Å²) in [5, 5.41) is 0. The third kappa shape index (κ3) is 4.95. The predicted molar refractivity (Wildman–Crippen MR) is 32.3 cm³/mol. The largest absolute Gasteiger partial charge is 1.00 e. The smallest absolute Gasteiger partial charge is 1.00 e. The normalized spacial score (nSPS) is 16.0. The van der Waals surface area contributed by atoms with Gasteiger partial charge in [0.05, 0.1) is 0 Å². The fourth-order valence-electron chi connectivity index (χ4n) is 0.808. The number of nitrogens with zero attached hydrogens (tertiary/aromatic N) is 1. The van der Waals surface area contributed by atoms with Crippen molar-refractivity contribution in [3.63, 3.8) is 0 Å². The van der Waals surface area contributed by atoms with Gasteiger partial charge in [0.2, 0.25) is 0 Å². The minimum atomic E-state index is 0. The molecule has 0 saturated carbocycles. The summed E-state index contributed by atoms with van der Waals surface area (Å²) in [6, 6.07) is 0. The Kier molecular flexibility index (Phi) is 13.6. The molecule has 0 unspecified atom stereocenters. The van der Waals surface area contributed by atoms with Crippen molar-refractivity contribution in [3.05, 3.63) is 9.26 Å². The van der Waals surface area contributed by atoms with E-state index in [1.54, 1.807) is 27.9 Å². The molecule has 0 radical (unpaired) electrons. The van der Waals surface area contributed by atoms with Gasteiger partial charge in [-0.05, 0) is 0 Å². The molecule has 1 aliphatic heterocycles. The van der Waals surface area contributed by atoms with Gasteiger partial charge >= 0.3 is 66.0 Å². The average molecular weight is 292 g/mol. The van der Waals surface area contributed by atoms with Gasteiger partial charge in [0.1, 0.15) is 0 Å². The molecule has 0 atom stereocenters. The topological polar surface area (TPSA) is 3.24 Å². The summed E-state index contributed by atoms with van der Waals surface area (Å²) in [7, 11) is 2.16. The maximum Gasteiger partial charge on any atom is -1.00 e. The standard InChI is InChI=1S/C5H9BN.3ClH.Zr/c1-6-4-3-5-7(6)2;;;;/h3H,5H2,1-2H3;3*1H;/q;;;;+3/p-3. The fourth-order valence-corrected chi connectivity index (χ4v) is 1.57. The number of halogens is 3. The number of hydrogen-bond donors (Lipinski definition) is 0. The summed E-state index contributed by atoms with van der Waals surface area (Å²) >= 11 is 1.58. The molecule has 0 spiro atoms. The Morgan fingerprint density at radius 3 is 2.00 bits per heavy atom. The molecular weight excluding hydrogens is 282 g/mol. The van der Waals surface area contributed by atoms with Gasteiger partial charge in [0.25, 0.3) is 0 Å². The van der Waals surface area contributed by atoms with E-state index in [2.05, 4.69) is 24.8 Å². The van der Waals surface area contributed by atoms with Gasteiger partial charge in [-0.2, -0.15) is 0 Å². The minimum absolute atomic E-state index is 0. The van der Waals surface area contributed by atoms with Crippen LogP contribution in [-0.4, -0.2) is 25.3 Å². The summed E-state index contributed by atoms with van der Waals surface area (Å²) in [5.74, 6) is 0. The summed E-state index contributed by atoms with van der Waals surface area (Å²) < 4.78 is 1.60. The quantitative estimate of drug-likeness (QED) is 0.401. The van der Waals surface area contributed by atoms with Gasteiger partial charge in [0.15, 0.2) is 0 Å². The number of likely N-dealkylation sites (N-methyl/N-ethyl adjacent to an activating group) is 1. The summed E-state index contributed by atoms with van der Waals surface area (Å²) in [6.07, 6.45) is 2.32. The van der Waals surface area contributed by atoms with E-state index < -0.39 is 0 Å². The van der Waals surface area contributed by atoms with Crippen molar-refractivity contribution in [1.29, 1.82) is 0 Å². The third-order valence-corrected chi connectivity index (χ3v) is 3.24. The Hall–Kier alpha value is 1.52. The van der Waals surface area contributed by atoms with Gasteiger partial charge < -0.3 is 37.2 Å². The predicted octanol–water partition coefficient (Wildman–Crippen LogP) is -8.47. The van der Waals surface area contributed by atoms with Crippen molar-refractivity contribution in [1.82, 2.24) is 4.81 Å². The SMILES string of the molecule is CB1[C]([Zr+3])=CCN1C.[Cl-].[Cl-].[Cl-]. The van der Waals surface area contributed by atoms with Crippen LogP contribution >= 0.6 is 0 Å². The zero-order chi connectivity index (χ0) is 6.15. The van der Waals surface area contributed by atoms with Gasteiger partial charge in [-0.15, -0.1) is 0 Å². The van der Waals surface area contributed by atoms with Crippen LogP contribution in [0.15, 0.2) is 9.26 Å². The van der Waals surface area contributed by atoms with Crippen LogP contribution in [-0.2, 0) is 24.7 Å². The average Bonchev–Trinajstić information content (AvgIpc) is 1.98. The molecule has 0 fully saturated rings. The monoisotopic (exact) mass is 289 g/mol. The van der Waals surface area contributed by atoms with Gasteiger partial charge in [-0.25, -0.2) is 0 Å². The molecule has 1 heterocycles. The second-order valence-corrected chi connectivity index (χ2v) is 3.69. The van der Waals surface area contributed by atoms with Crippen LogP contribution in [0.4, 0.5) is 0 Å². The van der Waals surface area contributed by atoms with Crippen molar-refractivity contribution in [2.24, 2.45) is 0 Å². The van der Waals surface area contributed by atoms with E-state index in [0.29, 0.717) is 6.85 Å². The van der Waals surface area contributed by atoms with Crippen molar-refractivity contribution in [2.45, 2.75) is 6.82 Å². The second-order valence-electron chi connectivity index (χ2n) is 2.28. The van der Waals surface area contributed by atoms with E-state index >= 15 is 0 Å². The molecule has 1 nitrogen and oxygen atoms in total. The van der Waals surface area contributed by atoms with Crippen molar-refractivity contribution in [3.8, 4) is 0 Å². The van der Waals surface area contributed by atoms with Crippen LogP contribution < -0.4 is 37.2 Å². The van der Waals surface area contributed by atoms with Gasteiger partial charge in [-0.1, -0.05) is 0 Å². The van der Waals surface area contributed by atoms with E-state index in [0.717, 1.165) is 6.54 Å². The molecule has 62 valence electrons. The zero-order valence-electron chi connectivity index (χ0n) is 6.44. The zero-order valence-corrected chi connectivity index (χ0v) is 11.2. The summed E-state index contributed by atoms with van der Waals surface area (Å²) in [4.78, 5) is 2.35. The first-order valence-corrected chi connectivity index (χ1v) is 4.06. The Labute approximate surface area is 103 Å². The van der Waals surface area contributed by atoms with Crippen molar-refractivity contribution in [2.75, 3.05) is 13.6 Å². The molecule has 6 heteroatoms. The van der Waals surface area contributed by atoms with Crippen LogP contribution in [0.3, 0.4) is 0 Å². The van der Waals surface area contributed by atoms with Crippen LogP contribution in [0.5, 0.6) is 0 Å². The molecule has 0 bridgehead atoms. The summed E-state index contributed by atoms with van der Waals surface area (Å²) in [5.41, 5.74) is 0. The molecule has 0 amide bonds. The number of rotatable bonds is 0. The number of hydrogen-bond acceptors (Lipinski definition) is 1. The Morgan fingerprint density at radius 2 is 1.91 bits per heavy atom. The first kappa shape index (κ1) is 18.3. The van der Waals surface area contributed by atoms with Crippen LogP contribution in [0.2, 0.25) is 6.82 Å². The van der Waals surface area contributed by atoms with Crippen LogP contribution in [0.25, 0.3) is 0 Å². The molecule has 0 aromatic rings. The molecule has 0 saturated heterocycles. The Morgan fingerprint density at radius 1 is 1.45 bits per heavy atom. The van der Waals surface area contributed by atoms with Crippen LogP contribution in [0.1, 0.15) is 0 Å². The molecule has 0 aromatic heterocycles. The first-order chi connectivity index (χ1) is 3.72. The molecular formula is C5H9BCl3NZr. The Balaban J connectivity index is -0.000000213. The van der Waals surface area contributed by atoms with Gasteiger partial charge in [0, 0.05) is 0 Å². The first-order valence-electron chi connectivity index (χ1n) is 2.83. The minimum Gasteiger partial charge on any atom is -1.00 e. The molecule has 1 aliphatic rings. The molecule has 0 aromatic carbocycles. The van der Waals surface area contributed by atoms with Gasteiger partial charge in [-0.3, -0.25) is 0 Å². The molecule has 0 aliphatic carbocycles. The van der Waals surface area contributed by atoms with E-state index in [1.807, 2.05) is 0 Å². The molecule has 0 N–H and O–H groups in total. The van der Waals surface area contributed by atoms with E-state index in [-0.39, 0.29) is 37.2 Å². The summed E-state index contributed by atoms with van der Waals surface area (Å²) in [6.45, 7) is 4.13. The fraction of sp³-hybridized carbons (Fsp3) is 0.600. The Bertz CT molecular complexity index is 133. The molecule has 1 rings (SSSR count). The van der Waals surface area contributed by atoms with E-state index in [4.69, 9.17) is 0 Å². The second kappa shape index (κ2) is 8.13. The molecule has 11 heavy (non-hydrogen) atoms. The van der Waals surface area contributed by atoms with E-state index in [1.165, 1.54) is 0 Å². The van der Waals surface area contributed by atoms with E-state index in [9.17, 15) is 0 Å². The maximum atomic E-state index is 2.35. The van der Waals surface area contributed by atoms with Crippen molar-refractivity contribution >= 4 is 6.85 Å². The van der Waals surface area contributed by atoms with Crippen LogP contribution in [0, 0.1) is 0 Å².